The zero-order valence-electron chi connectivity index (χ0n) is 13.0. The first-order chi connectivity index (χ1) is 11.6. The molecule has 24 heavy (non-hydrogen) atoms. The Morgan fingerprint density at radius 2 is 2.17 bits per heavy atom. The highest BCUT2D eigenvalue weighted by Gasteiger charge is 2.17. The summed E-state index contributed by atoms with van der Waals surface area (Å²) < 4.78 is 10.4. The quantitative estimate of drug-likeness (QED) is 0.577. The molecule has 0 bridgehead atoms. The Bertz CT molecular complexity index is 655. The summed E-state index contributed by atoms with van der Waals surface area (Å²) in [6.45, 7) is 0.669. The lowest BCUT2D eigenvalue weighted by molar-refractivity contribution is -0.139. The summed E-state index contributed by atoms with van der Waals surface area (Å²) in [6, 6.07) is 8.32. The lowest BCUT2D eigenvalue weighted by Crippen LogP contribution is -2.32. The number of carbonyl (C=O) groups is 2. The summed E-state index contributed by atoms with van der Waals surface area (Å²) in [4.78, 5) is 22.5. The second-order valence-corrected chi connectivity index (χ2v) is 5.27. The van der Waals surface area contributed by atoms with Gasteiger partial charge in [-0.05, 0) is 36.6 Å². The van der Waals surface area contributed by atoms with Gasteiger partial charge in [0, 0.05) is 13.2 Å². The number of hydrogen-bond acceptors (Lipinski definition) is 5. The number of carbonyl (C=O) groups excluding carboxylic acids is 1. The Morgan fingerprint density at radius 3 is 2.75 bits per heavy atom. The van der Waals surface area contributed by atoms with Crippen molar-refractivity contribution in [3.05, 3.63) is 35.4 Å². The summed E-state index contributed by atoms with van der Waals surface area (Å²) >= 11 is 0. The maximum atomic E-state index is 12.0. The molecule has 1 aromatic rings. The maximum absolute atomic E-state index is 12.0. The third kappa shape index (κ3) is 5.41. The summed E-state index contributed by atoms with van der Waals surface area (Å²) in [5, 5.41) is 20.4. The van der Waals surface area contributed by atoms with Gasteiger partial charge in [-0.15, -0.1) is 0 Å². The smallest absolute Gasteiger partial charge is 0.341 e. The molecule has 0 spiro atoms. The third-order valence-corrected chi connectivity index (χ3v) is 3.43. The van der Waals surface area contributed by atoms with Crippen LogP contribution in [0.2, 0.25) is 0 Å². The molecule has 0 aromatic heterocycles. The second-order valence-electron chi connectivity index (χ2n) is 5.27. The minimum absolute atomic E-state index is 0.00722. The van der Waals surface area contributed by atoms with Crippen molar-refractivity contribution in [2.24, 2.45) is 0 Å². The number of aliphatic carboxylic acids is 1. The van der Waals surface area contributed by atoms with E-state index >= 15 is 0 Å². The van der Waals surface area contributed by atoms with Crippen molar-refractivity contribution in [1.82, 2.24) is 5.32 Å². The van der Waals surface area contributed by atoms with Gasteiger partial charge in [-0.1, -0.05) is 12.1 Å². The van der Waals surface area contributed by atoms with Crippen molar-refractivity contribution in [3.8, 4) is 11.8 Å². The number of benzene rings is 1. The van der Waals surface area contributed by atoms with Crippen LogP contribution < -0.4 is 10.1 Å². The first-order valence-electron chi connectivity index (χ1n) is 7.54. The van der Waals surface area contributed by atoms with Crippen LogP contribution in [-0.2, 0) is 14.3 Å². The van der Waals surface area contributed by atoms with E-state index in [9.17, 15) is 9.59 Å². The molecular formula is C17H18N2O5. The van der Waals surface area contributed by atoms with Gasteiger partial charge in [0.2, 0.25) is 0 Å². The van der Waals surface area contributed by atoms with Crippen molar-refractivity contribution in [3.63, 3.8) is 0 Å². The Labute approximate surface area is 139 Å². The molecule has 1 unspecified atom stereocenters. The van der Waals surface area contributed by atoms with E-state index in [1.807, 2.05) is 6.07 Å². The summed E-state index contributed by atoms with van der Waals surface area (Å²) in [5.74, 6) is -1.11. The van der Waals surface area contributed by atoms with E-state index in [4.69, 9.17) is 19.8 Å². The monoisotopic (exact) mass is 330 g/mol. The van der Waals surface area contributed by atoms with E-state index in [1.165, 1.54) is 6.08 Å². The Morgan fingerprint density at radius 1 is 1.42 bits per heavy atom. The zero-order chi connectivity index (χ0) is 17.4. The fourth-order valence-corrected chi connectivity index (χ4v) is 2.23. The van der Waals surface area contributed by atoms with Gasteiger partial charge in [-0.2, -0.15) is 5.26 Å². The molecule has 7 heteroatoms. The highest BCUT2D eigenvalue weighted by Crippen LogP contribution is 2.15. The minimum atomic E-state index is -1.06. The molecule has 0 radical (unpaired) electrons. The number of carboxylic acid groups (broad SMARTS) is 1. The van der Waals surface area contributed by atoms with Crippen LogP contribution in [0.25, 0.3) is 6.08 Å². The topological polar surface area (TPSA) is 109 Å². The molecule has 1 amide bonds. The first-order valence-corrected chi connectivity index (χ1v) is 7.54. The van der Waals surface area contributed by atoms with Crippen LogP contribution in [0.15, 0.2) is 29.8 Å². The fraction of sp³-hybridized carbons (Fsp3) is 0.353. The highest BCUT2D eigenvalue weighted by atomic mass is 16.5. The molecule has 1 saturated heterocycles. The average Bonchev–Trinajstić information content (AvgIpc) is 3.10. The van der Waals surface area contributed by atoms with Gasteiger partial charge in [-0.25, -0.2) is 4.79 Å². The molecule has 1 heterocycles. The molecular weight excluding hydrogens is 312 g/mol. The van der Waals surface area contributed by atoms with Gasteiger partial charge in [0.25, 0.3) is 5.91 Å². The molecule has 2 N–H and O–H groups in total. The number of amides is 1. The molecule has 1 aliphatic rings. The molecule has 1 fully saturated rings. The van der Waals surface area contributed by atoms with E-state index in [0.717, 1.165) is 12.8 Å². The zero-order valence-corrected chi connectivity index (χ0v) is 13.0. The third-order valence-electron chi connectivity index (χ3n) is 3.43. The van der Waals surface area contributed by atoms with Crippen LogP contribution in [0.4, 0.5) is 0 Å². The SMILES string of the molecule is N#C/C(=C\c1ccc(OCC(=O)O)cc1)C(=O)NCC1CCCO1. The van der Waals surface area contributed by atoms with Gasteiger partial charge in [-0.3, -0.25) is 4.79 Å². The number of nitrogens with zero attached hydrogens (tertiary/aromatic N) is 1. The van der Waals surface area contributed by atoms with Gasteiger partial charge in [0.15, 0.2) is 6.61 Å². The van der Waals surface area contributed by atoms with Crippen molar-refractivity contribution in [1.29, 1.82) is 5.26 Å². The Balaban J connectivity index is 1.94. The number of nitriles is 1. The molecule has 2 rings (SSSR count). The lowest BCUT2D eigenvalue weighted by atomic mass is 10.1. The average molecular weight is 330 g/mol. The van der Waals surface area contributed by atoms with Crippen molar-refractivity contribution < 1.29 is 24.2 Å². The molecule has 0 aliphatic carbocycles. The van der Waals surface area contributed by atoms with E-state index < -0.39 is 18.5 Å². The van der Waals surface area contributed by atoms with E-state index in [1.54, 1.807) is 24.3 Å². The van der Waals surface area contributed by atoms with Crippen LogP contribution in [0.3, 0.4) is 0 Å². The van der Waals surface area contributed by atoms with Crippen molar-refractivity contribution >= 4 is 18.0 Å². The Hall–Kier alpha value is -2.85. The van der Waals surface area contributed by atoms with E-state index in [-0.39, 0.29) is 11.7 Å². The molecule has 1 atom stereocenters. The fourth-order valence-electron chi connectivity index (χ4n) is 2.23. The van der Waals surface area contributed by atoms with Crippen LogP contribution >= 0.6 is 0 Å². The van der Waals surface area contributed by atoms with Crippen LogP contribution in [-0.4, -0.2) is 42.8 Å². The molecule has 1 aromatic carbocycles. The number of hydrogen-bond donors (Lipinski definition) is 2. The second kappa shape index (κ2) is 8.70. The largest absolute Gasteiger partial charge is 0.482 e. The minimum Gasteiger partial charge on any atom is -0.482 e. The van der Waals surface area contributed by atoms with E-state index in [2.05, 4.69) is 5.32 Å². The first kappa shape index (κ1) is 17.5. The van der Waals surface area contributed by atoms with Crippen molar-refractivity contribution in [2.45, 2.75) is 18.9 Å². The van der Waals surface area contributed by atoms with Gasteiger partial charge < -0.3 is 19.9 Å². The van der Waals surface area contributed by atoms with Gasteiger partial charge in [0.1, 0.15) is 17.4 Å². The standard InChI is InChI=1S/C17H18N2O5/c18-9-13(17(22)19-10-15-2-1-7-23-15)8-12-3-5-14(6-4-12)24-11-16(20)21/h3-6,8,15H,1-2,7,10-11H2,(H,19,22)(H,20,21)/b13-8+. The number of ether oxygens (including phenoxy) is 2. The summed E-state index contributed by atoms with van der Waals surface area (Å²) in [5.41, 5.74) is 0.633. The number of carboxylic acids is 1. The summed E-state index contributed by atoms with van der Waals surface area (Å²) in [6.07, 6.45) is 3.37. The van der Waals surface area contributed by atoms with Gasteiger partial charge in [0.05, 0.1) is 6.10 Å². The molecule has 0 saturated carbocycles. The number of rotatable bonds is 7. The molecule has 1 aliphatic heterocycles. The molecule has 7 nitrogen and oxygen atoms in total. The van der Waals surface area contributed by atoms with Crippen LogP contribution in [0.5, 0.6) is 5.75 Å². The highest BCUT2D eigenvalue weighted by molar-refractivity contribution is 6.01. The van der Waals surface area contributed by atoms with Crippen molar-refractivity contribution in [2.75, 3.05) is 19.8 Å². The summed E-state index contributed by atoms with van der Waals surface area (Å²) in [7, 11) is 0. The molecule has 126 valence electrons. The lowest BCUT2D eigenvalue weighted by Gasteiger charge is -2.10. The van der Waals surface area contributed by atoms with Crippen LogP contribution in [0, 0.1) is 11.3 Å². The predicted octanol–water partition coefficient (Wildman–Crippen LogP) is 1.35. The maximum Gasteiger partial charge on any atom is 0.341 e. The van der Waals surface area contributed by atoms with Gasteiger partial charge >= 0.3 is 5.97 Å². The predicted molar refractivity (Wildman–Crippen MR) is 85.1 cm³/mol. The Kier molecular flexibility index (Phi) is 6.34. The van der Waals surface area contributed by atoms with E-state index in [0.29, 0.717) is 24.5 Å². The van der Waals surface area contributed by atoms with Crippen LogP contribution in [0.1, 0.15) is 18.4 Å². The number of nitrogens with one attached hydrogen (secondary N) is 1. The normalized spacial score (nSPS) is 17.1.